The predicted molar refractivity (Wildman–Crippen MR) is 101 cm³/mol. The first-order valence-electron chi connectivity index (χ1n) is 9.75. The van der Waals surface area contributed by atoms with Crippen molar-refractivity contribution in [3.05, 3.63) is 12.2 Å². The molecule has 7 nitrogen and oxygen atoms in total. The minimum atomic E-state index is -1.71. The minimum Gasteiger partial charge on any atom is -0.481 e. The number of carbonyl (C=O) groups excluding carboxylic acids is 2. The standard InChI is InChI=1S/C21H32O7/c1-13(22)27-18-14(28-17(25)12-21(5,26)11-16(23)24)10-20(4)9-7-6-8-15(20)19(18,2)3/h7,9,14-15,18,26H,6,8,10-12H2,1-5H3,(H,23,24). The zero-order valence-corrected chi connectivity index (χ0v) is 17.4. The molecule has 2 rings (SSSR count). The highest BCUT2D eigenvalue weighted by Gasteiger charge is 2.57. The quantitative estimate of drug-likeness (QED) is 0.525. The number of carboxylic acid groups (broad SMARTS) is 1. The van der Waals surface area contributed by atoms with Crippen LogP contribution >= 0.6 is 0 Å². The van der Waals surface area contributed by atoms with Gasteiger partial charge in [0.2, 0.25) is 0 Å². The first kappa shape index (κ1) is 22.4. The molecule has 2 aliphatic rings. The summed E-state index contributed by atoms with van der Waals surface area (Å²) in [7, 11) is 0. The number of hydrogen-bond acceptors (Lipinski definition) is 6. The Labute approximate surface area is 166 Å². The molecule has 7 heteroatoms. The van der Waals surface area contributed by atoms with E-state index in [9.17, 15) is 19.5 Å². The maximum atomic E-state index is 12.5. The highest BCUT2D eigenvalue weighted by molar-refractivity contribution is 5.74. The summed E-state index contributed by atoms with van der Waals surface area (Å²) in [6, 6.07) is 0. The van der Waals surface area contributed by atoms with Crippen LogP contribution in [0.5, 0.6) is 0 Å². The summed E-state index contributed by atoms with van der Waals surface area (Å²) in [6.45, 7) is 8.81. The Hall–Kier alpha value is -1.89. The summed E-state index contributed by atoms with van der Waals surface area (Å²) < 4.78 is 11.3. The van der Waals surface area contributed by atoms with Gasteiger partial charge in [-0.25, -0.2) is 0 Å². The van der Waals surface area contributed by atoms with Crippen molar-refractivity contribution in [2.45, 2.75) is 84.5 Å². The zero-order chi connectivity index (χ0) is 21.3. The second-order valence-electron chi connectivity index (χ2n) is 9.37. The van der Waals surface area contributed by atoms with E-state index in [4.69, 9.17) is 14.6 Å². The van der Waals surface area contributed by atoms with E-state index in [0.717, 1.165) is 12.8 Å². The van der Waals surface area contributed by atoms with Gasteiger partial charge in [0.05, 0.1) is 18.4 Å². The summed E-state index contributed by atoms with van der Waals surface area (Å²) in [6.07, 6.45) is 4.43. The first-order valence-corrected chi connectivity index (χ1v) is 9.75. The maximum absolute atomic E-state index is 12.5. The lowest BCUT2D eigenvalue weighted by Crippen LogP contribution is -2.59. The van der Waals surface area contributed by atoms with Gasteiger partial charge in [-0.05, 0) is 37.5 Å². The number of allylic oxidation sites excluding steroid dienone is 2. The maximum Gasteiger partial charge on any atom is 0.309 e. The number of aliphatic hydroxyl groups is 1. The van der Waals surface area contributed by atoms with Gasteiger partial charge in [-0.3, -0.25) is 14.4 Å². The fourth-order valence-corrected chi connectivity index (χ4v) is 5.13. The number of rotatable bonds is 6. The van der Waals surface area contributed by atoms with Gasteiger partial charge in [-0.1, -0.05) is 32.9 Å². The van der Waals surface area contributed by atoms with Crippen LogP contribution in [0, 0.1) is 16.7 Å². The Bertz CT molecular complexity index is 664. The normalized spacial score (nSPS) is 33.3. The van der Waals surface area contributed by atoms with Crippen molar-refractivity contribution in [3.63, 3.8) is 0 Å². The largest absolute Gasteiger partial charge is 0.481 e. The molecule has 0 aromatic rings. The second kappa shape index (κ2) is 7.85. The average molecular weight is 396 g/mol. The number of ether oxygens (including phenoxy) is 2. The number of carboxylic acids is 1. The molecule has 0 aromatic heterocycles. The number of fused-ring (bicyclic) bond motifs is 1. The molecule has 2 N–H and O–H groups in total. The third kappa shape index (κ3) is 4.93. The van der Waals surface area contributed by atoms with E-state index in [1.165, 1.54) is 13.8 Å². The van der Waals surface area contributed by atoms with Crippen LogP contribution in [0.4, 0.5) is 0 Å². The van der Waals surface area contributed by atoms with Crippen molar-refractivity contribution in [2.75, 3.05) is 0 Å². The van der Waals surface area contributed by atoms with Crippen LogP contribution in [-0.4, -0.2) is 45.9 Å². The summed E-state index contributed by atoms with van der Waals surface area (Å²) in [4.78, 5) is 35.1. The highest BCUT2D eigenvalue weighted by atomic mass is 16.6. The molecule has 0 radical (unpaired) electrons. The lowest BCUT2D eigenvalue weighted by molar-refractivity contribution is -0.205. The van der Waals surface area contributed by atoms with Crippen molar-refractivity contribution in [3.8, 4) is 0 Å². The molecule has 0 saturated heterocycles. The molecule has 0 aromatic carbocycles. The minimum absolute atomic E-state index is 0.201. The van der Waals surface area contributed by atoms with E-state index in [-0.39, 0.29) is 11.3 Å². The number of hydrogen-bond donors (Lipinski definition) is 2. The molecule has 2 aliphatic carbocycles. The lowest BCUT2D eigenvalue weighted by atomic mass is 9.52. The first-order chi connectivity index (χ1) is 12.8. The smallest absolute Gasteiger partial charge is 0.309 e. The van der Waals surface area contributed by atoms with Crippen molar-refractivity contribution < 1.29 is 34.1 Å². The summed E-state index contributed by atoms with van der Waals surface area (Å²) in [5, 5.41) is 19.0. The van der Waals surface area contributed by atoms with Crippen molar-refractivity contribution in [1.82, 2.24) is 0 Å². The summed E-state index contributed by atoms with van der Waals surface area (Å²) >= 11 is 0. The fourth-order valence-electron chi connectivity index (χ4n) is 5.13. The van der Waals surface area contributed by atoms with E-state index in [1.54, 1.807) is 0 Å². The van der Waals surface area contributed by atoms with E-state index in [1.807, 2.05) is 13.8 Å². The summed E-state index contributed by atoms with van der Waals surface area (Å²) in [5.74, 6) is -2.07. The molecule has 158 valence electrons. The molecule has 5 unspecified atom stereocenters. The molecule has 0 aliphatic heterocycles. The van der Waals surface area contributed by atoms with Gasteiger partial charge in [0, 0.05) is 12.3 Å². The Morgan fingerprint density at radius 2 is 1.82 bits per heavy atom. The predicted octanol–water partition coefficient (Wildman–Crippen LogP) is 2.85. The van der Waals surface area contributed by atoms with Gasteiger partial charge in [0.1, 0.15) is 12.2 Å². The van der Waals surface area contributed by atoms with Gasteiger partial charge in [-0.15, -0.1) is 0 Å². The highest BCUT2D eigenvalue weighted by Crippen LogP contribution is 2.57. The Kier molecular flexibility index (Phi) is 6.28. The van der Waals surface area contributed by atoms with Crippen LogP contribution in [0.25, 0.3) is 0 Å². The second-order valence-corrected chi connectivity index (χ2v) is 9.37. The monoisotopic (exact) mass is 396 g/mol. The molecule has 0 amide bonds. The number of aliphatic carboxylic acids is 1. The third-order valence-corrected chi connectivity index (χ3v) is 6.16. The van der Waals surface area contributed by atoms with Crippen LogP contribution in [0.15, 0.2) is 12.2 Å². The Morgan fingerprint density at radius 3 is 2.39 bits per heavy atom. The molecule has 5 atom stereocenters. The molecular weight excluding hydrogens is 364 g/mol. The van der Waals surface area contributed by atoms with Crippen LogP contribution in [-0.2, 0) is 23.9 Å². The summed E-state index contributed by atoms with van der Waals surface area (Å²) in [5.41, 5.74) is -2.33. The van der Waals surface area contributed by atoms with Gasteiger partial charge in [-0.2, -0.15) is 0 Å². The van der Waals surface area contributed by atoms with Crippen LogP contribution < -0.4 is 0 Å². The molecule has 0 spiro atoms. The molecule has 0 bridgehead atoms. The van der Waals surface area contributed by atoms with E-state index >= 15 is 0 Å². The van der Waals surface area contributed by atoms with Crippen molar-refractivity contribution >= 4 is 17.9 Å². The molecule has 1 saturated carbocycles. The fraction of sp³-hybridized carbons (Fsp3) is 0.762. The van der Waals surface area contributed by atoms with Crippen molar-refractivity contribution in [1.29, 1.82) is 0 Å². The van der Waals surface area contributed by atoms with Gasteiger partial charge < -0.3 is 19.7 Å². The van der Waals surface area contributed by atoms with Crippen LogP contribution in [0.3, 0.4) is 0 Å². The van der Waals surface area contributed by atoms with E-state index in [2.05, 4.69) is 19.1 Å². The number of carbonyl (C=O) groups is 3. The molecule has 1 fully saturated rings. The zero-order valence-electron chi connectivity index (χ0n) is 17.4. The SMILES string of the molecule is CC(=O)OC1C(OC(=O)CC(C)(O)CC(=O)O)CC2(C)C=CCCC2C1(C)C. The van der Waals surface area contributed by atoms with E-state index in [0.29, 0.717) is 6.42 Å². The number of esters is 2. The molecule has 0 heterocycles. The third-order valence-electron chi connectivity index (χ3n) is 6.16. The molecular formula is C21H32O7. The van der Waals surface area contributed by atoms with Crippen molar-refractivity contribution in [2.24, 2.45) is 16.7 Å². The van der Waals surface area contributed by atoms with Crippen LogP contribution in [0.1, 0.15) is 66.7 Å². The molecule has 28 heavy (non-hydrogen) atoms. The van der Waals surface area contributed by atoms with E-state index < -0.39 is 54.0 Å². The Balaban J connectivity index is 2.25. The Morgan fingerprint density at radius 1 is 1.18 bits per heavy atom. The topological polar surface area (TPSA) is 110 Å². The van der Waals surface area contributed by atoms with Gasteiger partial charge in [0.15, 0.2) is 0 Å². The van der Waals surface area contributed by atoms with Gasteiger partial charge >= 0.3 is 17.9 Å². The lowest BCUT2D eigenvalue weighted by Gasteiger charge is -2.56. The van der Waals surface area contributed by atoms with Gasteiger partial charge in [0.25, 0.3) is 0 Å². The average Bonchev–Trinajstić information content (AvgIpc) is 2.48. The van der Waals surface area contributed by atoms with Crippen LogP contribution in [0.2, 0.25) is 0 Å².